The third kappa shape index (κ3) is 12.0. The first-order valence-corrected chi connectivity index (χ1v) is 8.99. The molecular weight excluding hydrogens is 326 g/mol. The Bertz CT molecular complexity index is 496. The number of hydrogen-bond acceptors (Lipinski definition) is 8. The topological polar surface area (TPSA) is 99.2 Å². The lowest BCUT2D eigenvalue weighted by molar-refractivity contribution is -0.155. The Morgan fingerprint density at radius 2 is 1.74 bits per heavy atom. The Morgan fingerprint density at radius 3 is 2.17 bits per heavy atom. The molecule has 0 saturated carbocycles. The molecular formula is C14H27NO7S. The van der Waals surface area contributed by atoms with E-state index in [4.69, 9.17) is 8.92 Å². The second-order valence-electron chi connectivity index (χ2n) is 6.26. The van der Waals surface area contributed by atoms with E-state index in [-0.39, 0.29) is 26.0 Å². The molecule has 0 heterocycles. The maximum atomic E-state index is 11.8. The van der Waals surface area contributed by atoms with E-state index in [1.165, 1.54) is 7.11 Å². The van der Waals surface area contributed by atoms with Gasteiger partial charge in [0.1, 0.15) is 5.60 Å². The molecule has 0 unspecified atom stereocenters. The zero-order valence-corrected chi connectivity index (χ0v) is 15.4. The van der Waals surface area contributed by atoms with Gasteiger partial charge in [0.05, 0.1) is 26.5 Å². The van der Waals surface area contributed by atoms with Gasteiger partial charge in [0.25, 0.3) is 10.1 Å². The average Bonchev–Trinajstić information content (AvgIpc) is 2.34. The maximum Gasteiger partial charge on any atom is 0.319 e. The van der Waals surface area contributed by atoms with E-state index < -0.39 is 33.7 Å². The molecule has 9 heteroatoms. The van der Waals surface area contributed by atoms with E-state index in [2.05, 4.69) is 4.74 Å². The van der Waals surface area contributed by atoms with E-state index in [9.17, 15) is 18.0 Å². The second kappa shape index (κ2) is 9.19. The fourth-order valence-corrected chi connectivity index (χ4v) is 2.11. The summed E-state index contributed by atoms with van der Waals surface area (Å²) in [5.41, 5.74) is -0.590. The van der Waals surface area contributed by atoms with Gasteiger partial charge in [-0.05, 0) is 34.2 Å². The molecule has 0 aliphatic carbocycles. The van der Waals surface area contributed by atoms with Crippen molar-refractivity contribution in [2.45, 2.75) is 45.3 Å². The van der Waals surface area contributed by atoms with Crippen molar-refractivity contribution in [3.63, 3.8) is 0 Å². The minimum absolute atomic E-state index is 0.0391. The molecule has 0 N–H and O–H groups in total. The van der Waals surface area contributed by atoms with Gasteiger partial charge in [-0.1, -0.05) is 0 Å². The molecule has 23 heavy (non-hydrogen) atoms. The highest BCUT2D eigenvalue weighted by molar-refractivity contribution is 7.85. The molecule has 0 amide bonds. The summed E-state index contributed by atoms with van der Waals surface area (Å²) in [6.07, 6.45) is 1.32. The van der Waals surface area contributed by atoms with Crippen LogP contribution in [0.2, 0.25) is 0 Å². The average molecular weight is 353 g/mol. The van der Waals surface area contributed by atoms with Gasteiger partial charge in [-0.2, -0.15) is 8.42 Å². The molecule has 0 aromatic rings. The Morgan fingerprint density at radius 1 is 1.17 bits per heavy atom. The molecule has 0 radical (unpaired) electrons. The van der Waals surface area contributed by atoms with Crippen LogP contribution in [0.25, 0.3) is 0 Å². The van der Waals surface area contributed by atoms with Gasteiger partial charge in [0, 0.05) is 12.5 Å². The molecule has 0 aromatic heterocycles. The van der Waals surface area contributed by atoms with Crippen LogP contribution in [0.1, 0.15) is 33.6 Å². The van der Waals surface area contributed by atoms with Crippen molar-refractivity contribution in [1.29, 1.82) is 0 Å². The predicted octanol–water partition coefficient (Wildman–Crippen LogP) is 0.558. The minimum Gasteiger partial charge on any atom is -0.468 e. The molecule has 0 fully saturated rings. The van der Waals surface area contributed by atoms with Crippen LogP contribution in [-0.4, -0.2) is 70.5 Å². The molecule has 1 atom stereocenters. The summed E-state index contributed by atoms with van der Waals surface area (Å²) < 4.78 is 36.8. The third-order valence-electron chi connectivity index (χ3n) is 2.81. The number of esters is 2. The van der Waals surface area contributed by atoms with E-state index in [1.54, 1.807) is 32.7 Å². The van der Waals surface area contributed by atoms with Crippen LogP contribution in [-0.2, 0) is 33.4 Å². The van der Waals surface area contributed by atoms with Crippen molar-refractivity contribution in [3.8, 4) is 0 Å². The Balaban J connectivity index is 4.71. The number of hydrogen-bond donors (Lipinski definition) is 0. The number of nitrogens with zero attached hydrogens (tertiary/aromatic N) is 1. The van der Waals surface area contributed by atoms with Crippen molar-refractivity contribution in [2.24, 2.45) is 0 Å². The van der Waals surface area contributed by atoms with Gasteiger partial charge in [0.15, 0.2) is 0 Å². The summed E-state index contributed by atoms with van der Waals surface area (Å²) in [6.45, 7) is 5.09. The molecule has 0 bridgehead atoms. The number of likely N-dealkylation sites (N-methyl/N-ethyl adjacent to an activating group) is 1. The fraction of sp³-hybridized carbons (Fsp3) is 0.857. The quantitative estimate of drug-likeness (QED) is 0.438. The van der Waals surface area contributed by atoms with Gasteiger partial charge in [-0.25, -0.2) is 0 Å². The summed E-state index contributed by atoms with van der Waals surface area (Å²) in [7, 11) is -0.723. The minimum atomic E-state index is -3.61. The summed E-state index contributed by atoms with van der Waals surface area (Å²) >= 11 is 0. The standard InChI is InChI=1S/C14H27NO7S/c1-14(2,3)22-12(16)8-7-11(10-21-23(6,18)19)15(4)9-13(17)20-5/h11H,7-10H2,1-6H3/t11-/m0/s1. The first kappa shape index (κ1) is 21.8. The molecule has 0 rings (SSSR count). The lowest BCUT2D eigenvalue weighted by Crippen LogP contribution is -2.40. The SMILES string of the molecule is COC(=O)CN(C)[C@@H](CCC(=O)OC(C)(C)C)COS(C)(=O)=O. The normalized spacial score (nSPS) is 13.7. The number of methoxy groups -OCH3 is 1. The number of rotatable bonds is 9. The monoisotopic (exact) mass is 353 g/mol. The fourth-order valence-electron chi connectivity index (χ4n) is 1.71. The van der Waals surface area contributed by atoms with Crippen LogP contribution in [0.15, 0.2) is 0 Å². The van der Waals surface area contributed by atoms with Crippen LogP contribution in [0.3, 0.4) is 0 Å². The highest BCUT2D eigenvalue weighted by Gasteiger charge is 2.23. The zero-order chi connectivity index (χ0) is 18.3. The summed E-state index contributed by atoms with van der Waals surface area (Å²) in [5.74, 6) is -0.859. The Hall–Kier alpha value is -1.19. The van der Waals surface area contributed by atoms with Gasteiger partial charge < -0.3 is 9.47 Å². The number of carbonyl (C=O) groups excluding carboxylic acids is 2. The lowest BCUT2D eigenvalue weighted by atomic mass is 10.1. The molecule has 0 saturated heterocycles. The van der Waals surface area contributed by atoms with Gasteiger partial charge >= 0.3 is 11.9 Å². The van der Waals surface area contributed by atoms with Gasteiger partial charge in [-0.15, -0.1) is 0 Å². The molecule has 0 aliphatic heterocycles. The van der Waals surface area contributed by atoms with E-state index in [1.807, 2.05) is 0 Å². The first-order chi connectivity index (χ1) is 10.3. The molecule has 8 nitrogen and oxygen atoms in total. The molecule has 0 aliphatic rings. The zero-order valence-electron chi connectivity index (χ0n) is 14.6. The largest absolute Gasteiger partial charge is 0.468 e. The summed E-state index contributed by atoms with van der Waals surface area (Å²) in [6, 6.07) is -0.448. The summed E-state index contributed by atoms with van der Waals surface area (Å²) in [4.78, 5) is 24.7. The van der Waals surface area contributed by atoms with Crippen LogP contribution in [0.5, 0.6) is 0 Å². The van der Waals surface area contributed by atoms with Crippen molar-refractivity contribution < 1.29 is 31.7 Å². The smallest absolute Gasteiger partial charge is 0.319 e. The van der Waals surface area contributed by atoms with Crippen LogP contribution < -0.4 is 0 Å². The Labute approximate surface area is 138 Å². The van der Waals surface area contributed by atoms with Crippen LogP contribution >= 0.6 is 0 Å². The second-order valence-corrected chi connectivity index (χ2v) is 7.90. The summed E-state index contributed by atoms with van der Waals surface area (Å²) in [5, 5.41) is 0. The van der Waals surface area contributed by atoms with Crippen LogP contribution in [0, 0.1) is 0 Å². The highest BCUT2D eigenvalue weighted by atomic mass is 32.2. The Kier molecular flexibility index (Phi) is 8.71. The number of carbonyl (C=O) groups is 2. The van der Waals surface area contributed by atoms with E-state index in [0.717, 1.165) is 6.26 Å². The van der Waals surface area contributed by atoms with Crippen molar-refractivity contribution >= 4 is 22.1 Å². The molecule has 136 valence electrons. The van der Waals surface area contributed by atoms with Gasteiger partial charge in [0.2, 0.25) is 0 Å². The van der Waals surface area contributed by atoms with E-state index in [0.29, 0.717) is 0 Å². The highest BCUT2D eigenvalue weighted by Crippen LogP contribution is 2.13. The van der Waals surface area contributed by atoms with Crippen molar-refractivity contribution in [3.05, 3.63) is 0 Å². The van der Waals surface area contributed by atoms with Crippen LogP contribution in [0.4, 0.5) is 0 Å². The molecule has 0 aromatic carbocycles. The van der Waals surface area contributed by atoms with E-state index >= 15 is 0 Å². The van der Waals surface area contributed by atoms with Gasteiger partial charge in [-0.3, -0.25) is 18.7 Å². The predicted molar refractivity (Wildman–Crippen MR) is 84.3 cm³/mol. The van der Waals surface area contributed by atoms with Crippen molar-refractivity contribution in [2.75, 3.05) is 33.6 Å². The first-order valence-electron chi connectivity index (χ1n) is 7.17. The third-order valence-corrected chi connectivity index (χ3v) is 3.37. The molecule has 0 spiro atoms. The number of ether oxygens (including phenoxy) is 2. The maximum absolute atomic E-state index is 11.8. The van der Waals surface area contributed by atoms with Crippen molar-refractivity contribution in [1.82, 2.24) is 4.90 Å². The lowest BCUT2D eigenvalue weighted by Gasteiger charge is -2.27.